The highest BCUT2D eigenvalue weighted by atomic mass is 35.5. The Hall–Kier alpha value is -2.67. The molecular weight excluding hydrogens is 441 g/mol. The molecule has 0 aliphatic heterocycles. The van der Waals surface area contributed by atoms with Crippen LogP contribution < -0.4 is 5.32 Å². The lowest BCUT2D eigenvalue weighted by Crippen LogP contribution is -2.23. The Labute approximate surface area is 187 Å². The molecule has 0 spiro atoms. The molecule has 0 saturated carbocycles. The SMILES string of the molecule is Cc1nc(-c2ccccc2Cl)sc1CNC(=O)c1c(-c2ccccc2Cl)noc1C. The van der Waals surface area contributed by atoms with Crippen molar-refractivity contribution in [3.05, 3.63) is 80.5 Å². The van der Waals surface area contributed by atoms with Crippen LogP contribution >= 0.6 is 34.5 Å². The van der Waals surface area contributed by atoms with Gasteiger partial charge >= 0.3 is 0 Å². The standard InChI is InChI=1S/C22H17Cl2N3O2S/c1-12-18(30-22(26-12)15-8-4-6-10-17(15)24)11-25-21(28)19-13(2)29-27-20(19)14-7-3-5-9-16(14)23/h3-10H,11H2,1-2H3,(H,25,28). The van der Waals surface area contributed by atoms with E-state index in [0.717, 1.165) is 21.1 Å². The van der Waals surface area contributed by atoms with Crippen LogP contribution in [0.4, 0.5) is 0 Å². The Morgan fingerprint density at radius 2 is 1.67 bits per heavy atom. The maximum Gasteiger partial charge on any atom is 0.257 e. The van der Waals surface area contributed by atoms with E-state index in [1.165, 1.54) is 11.3 Å². The number of hydrogen-bond donors (Lipinski definition) is 1. The summed E-state index contributed by atoms with van der Waals surface area (Å²) in [4.78, 5) is 18.5. The third-order valence-corrected chi connectivity index (χ3v) is 6.48. The Balaban J connectivity index is 1.57. The van der Waals surface area contributed by atoms with Crippen molar-refractivity contribution in [3.63, 3.8) is 0 Å². The number of carbonyl (C=O) groups excluding carboxylic acids is 1. The molecule has 0 radical (unpaired) electrons. The number of hydrogen-bond acceptors (Lipinski definition) is 5. The topological polar surface area (TPSA) is 68.0 Å². The van der Waals surface area contributed by atoms with Crippen molar-refractivity contribution < 1.29 is 9.32 Å². The average Bonchev–Trinajstić information content (AvgIpc) is 3.29. The number of carbonyl (C=O) groups is 1. The summed E-state index contributed by atoms with van der Waals surface area (Å²) in [5.74, 6) is 0.149. The third kappa shape index (κ3) is 3.99. The number of thiazole rings is 1. The van der Waals surface area contributed by atoms with Crippen molar-refractivity contribution in [1.82, 2.24) is 15.5 Å². The summed E-state index contributed by atoms with van der Waals surface area (Å²) >= 11 is 14.1. The van der Waals surface area contributed by atoms with E-state index in [4.69, 9.17) is 27.7 Å². The summed E-state index contributed by atoms with van der Waals surface area (Å²) in [5.41, 5.74) is 3.17. The van der Waals surface area contributed by atoms with Crippen LogP contribution in [0.15, 0.2) is 53.1 Å². The van der Waals surface area contributed by atoms with E-state index >= 15 is 0 Å². The number of amides is 1. The zero-order chi connectivity index (χ0) is 21.3. The zero-order valence-electron chi connectivity index (χ0n) is 16.2. The number of benzene rings is 2. The quantitative estimate of drug-likeness (QED) is 0.380. The number of halogens is 2. The highest BCUT2D eigenvalue weighted by molar-refractivity contribution is 7.15. The Kier molecular flexibility index (Phi) is 5.90. The molecule has 1 amide bonds. The molecular formula is C22H17Cl2N3O2S. The van der Waals surface area contributed by atoms with Crippen LogP contribution in [0.1, 0.15) is 26.7 Å². The molecule has 2 aromatic heterocycles. The summed E-state index contributed by atoms with van der Waals surface area (Å²) in [5, 5.41) is 8.96. The van der Waals surface area contributed by atoms with Crippen molar-refractivity contribution in [3.8, 4) is 21.8 Å². The van der Waals surface area contributed by atoms with E-state index in [1.807, 2.05) is 43.3 Å². The van der Waals surface area contributed by atoms with Gasteiger partial charge in [-0.05, 0) is 26.0 Å². The molecule has 30 heavy (non-hydrogen) atoms. The predicted octanol–water partition coefficient (Wildman–Crippen LogP) is 6.32. The lowest BCUT2D eigenvalue weighted by atomic mass is 10.1. The highest BCUT2D eigenvalue weighted by Crippen LogP contribution is 2.33. The minimum Gasteiger partial charge on any atom is -0.360 e. The Morgan fingerprint density at radius 1 is 1.03 bits per heavy atom. The minimum absolute atomic E-state index is 0.282. The fraction of sp³-hybridized carbons (Fsp3) is 0.136. The van der Waals surface area contributed by atoms with Crippen LogP contribution in [-0.2, 0) is 6.54 Å². The van der Waals surface area contributed by atoms with Gasteiger partial charge in [0.05, 0.1) is 22.3 Å². The van der Waals surface area contributed by atoms with Gasteiger partial charge in [0.15, 0.2) is 0 Å². The third-order valence-electron chi connectivity index (χ3n) is 4.63. The van der Waals surface area contributed by atoms with Crippen molar-refractivity contribution in [1.29, 1.82) is 0 Å². The van der Waals surface area contributed by atoms with E-state index in [0.29, 0.717) is 39.2 Å². The van der Waals surface area contributed by atoms with E-state index in [9.17, 15) is 4.79 Å². The molecule has 8 heteroatoms. The second-order valence-corrected chi connectivity index (χ2v) is 8.53. The van der Waals surface area contributed by atoms with Gasteiger partial charge in [0.2, 0.25) is 0 Å². The van der Waals surface area contributed by atoms with Crippen LogP contribution in [0, 0.1) is 13.8 Å². The highest BCUT2D eigenvalue weighted by Gasteiger charge is 2.23. The number of nitrogens with zero attached hydrogens (tertiary/aromatic N) is 2. The molecule has 152 valence electrons. The van der Waals surface area contributed by atoms with Crippen molar-refractivity contribution >= 4 is 40.4 Å². The number of nitrogens with one attached hydrogen (secondary N) is 1. The molecule has 0 fully saturated rings. The first-order chi connectivity index (χ1) is 14.5. The molecule has 0 aliphatic carbocycles. The van der Waals surface area contributed by atoms with Gasteiger partial charge in [-0.25, -0.2) is 4.98 Å². The van der Waals surface area contributed by atoms with Crippen LogP contribution in [0.2, 0.25) is 10.0 Å². The van der Waals surface area contributed by atoms with Crippen LogP contribution in [0.25, 0.3) is 21.8 Å². The molecule has 5 nitrogen and oxygen atoms in total. The molecule has 2 aromatic carbocycles. The number of aryl methyl sites for hydroxylation is 2. The Morgan fingerprint density at radius 3 is 2.33 bits per heavy atom. The lowest BCUT2D eigenvalue weighted by Gasteiger charge is -2.06. The summed E-state index contributed by atoms with van der Waals surface area (Å²) in [6.07, 6.45) is 0. The number of aromatic nitrogens is 2. The minimum atomic E-state index is -0.282. The largest absolute Gasteiger partial charge is 0.360 e. The maximum atomic E-state index is 13.0. The molecule has 0 saturated heterocycles. The first kappa shape index (κ1) is 20.6. The van der Waals surface area contributed by atoms with E-state index in [-0.39, 0.29) is 5.91 Å². The van der Waals surface area contributed by atoms with E-state index in [2.05, 4.69) is 15.5 Å². The average molecular weight is 458 g/mol. The summed E-state index contributed by atoms with van der Waals surface area (Å²) in [6.45, 7) is 3.95. The van der Waals surface area contributed by atoms with Gasteiger partial charge in [0, 0.05) is 16.0 Å². The van der Waals surface area contributed by atoms with Crippen LogP contribution in [-0.4, -0.2) is 16.0 Å². The van der Waals surface area contributed by atoms with Gasteiger partial charge in [-0.2, -0.15) is 0 Å². The monoisotopic (exact) mass is 457 g/mol. The van der Waals surface area contributed by atoms with Gasteiger partial charge in [-0.15, -0.1) is 11.3 Å². The molecule has 0 aliphatic rings. The summed E-state index contributed by atoms with van der Waals surface area (Å²) in [6, 6.07) is 14.8. The van der Waals surface area contributed by atoms with Crippen LogP contribution in [0.3, 0.4) is 0 Å². The summed E-state index contributed by atoms with van der Waals surface area (Å²) < 4.78 is 5.28. The zero-order valence-corrected chi connectivity index (χ0v) is 18.5. The van der Waals surface area contributed by atoms with E-state index in [1.54, 1.807) is 19.1 Å². The van der Waals surface area contributed by atoms with Gasteiger partial charge < -0.3 is 9.84 Å². The molecule has 4 aromatic rings. The predicted molar refractivity (Wildman–Crippen MR) is 120 cm³/mol. The second kappa shape index (κ2) is 8.60. The fourth-order valence-electron chi connectivity index (χ4n) is 3.07. The lowest BCUT2D eigenvalue weighted by molar-refractivity contribution is 0.0950. The smallest absolute Gasteiger partial charge is 0.257 e. The summed E-state index contributed by atoms with van der Waals surface area (Å²) in [7, 11) is 0. The van der Waals surface area contributed by atoms with E-state index < -0.39 is 0 Å². The first-order valence-electron chi connectivity index (χ1n) is 9.16. The normalized spacial score (nSPS) is 10.9. The van der Waals surface area contributed by atoms with Gasteiger partial charge in [-0.1, -0.05) is 64.8 Å². The molecule has 0 atom stereocenters. The van der Waals surface area contributed by atoms with Gasteiger partial charge in [0.25, 0.3) is 5.91 Å². The Bertz CT molecular complexity index is 1230. The molecule has 0 unspecified atom stereocenters. The fourth-order valence-corrected chi connectivity index (χ4v) is 4.62. The van der Waals surface area contributed by atoms with Crippen molar-refractivity contribution in [2.24, 2.45) is 0 Å². The second-order valence-electron chi connectivity index (χ2n) is 6.63. The molecule has 1 N–H and O–H groups in total. The van der Waals surface area contributed by atoms with Gasteiger partial charge in [0.1, 0.15) is 22.0 Å². The first-order valence-corrected chi connectivity index (χ1v) is 10.7. The maximum absolute atomic E-state index is 13.0. The van der Waals surface area contributed by atoms with Gasteiger partial charge in [-0.3, -0.25) is 4.79 Å². The number of rotatable bonds is 5. The van der Waals surface area contributed by atoms with Crippen molar-refractivity contribution in [2.45, 2.75) is 20.4 Å². The van der Waals surface area contributed by atoms with Crippen LogP contribution in [0.5, 0.6) is 0 Å². The molecule has 4 rings (SSSR count). The molecule has 0 bridgehead atoms. The molecule has 2 heterocycles. The van der Waals surface area contributed by atoms with Crippen molar-refractivity contribution in [2.75, 3.05) is 0 Å².